The highest BCUT2D eigenvalue weighted by molar-refractivity contribution is 9.10. The molecule has 2 rings (SSSR count). The molecule has 0 atom stereocenters. The summed E-state index contributed by atoms with van der Waals surface area (Å²) in [6, 6.07) is 3.62. The highest BCUT2D eigenvalue weighted by Crippen LogP contribution is 2.37. The van der Waals surface area contributed by atoms with Crippen molar-refractivity contribution in [1.29, 1.82) is 0 Å². The third kappa shape index (κ3) is 3.88. The van der Waals surface area contributed by atoms with Gasteiger partial charge in [0.1, 0.15) is 8.55 Å². The number of benzene rings is 1. The Bertz CT molecular complexity index is 802. The summed E-state index contributed by atoms with van der Waals surface area (Å²) in [6.07, 6.45) is -4.56. The van der Waals surface area contributed by atoms with Crippen molar-refractivity contribution in [3.05, 3.63) is 43.7 Å². The number of hydrogen-bond donors (Lipinski definition) is 1. The summed E-state index contributed by atoms with van der Waals surface area (Å²) in [7, 11) is -4.00. The van der Waals surface area contributed by atoms with Crippen LogP contribution in [0.25, 0.3) is 0 Å². The minimum atomic E-state index is -4.56. The zero-order valence-electron chi connectivity index (χ0n) is 10.2. The summed E-state index contributed by atoms with van der Waals surface area (Å²) < 4.78 is 64.5. The number of alkyl halides is 3. The Hall–Kier alpha value is -0.480. The van der Waals surface area contributed by atoms with E-state index in [-0.39, 0.29) is 19.3 Å². The van der Waals surface area contributed by atoms with Crippen molar-refractivity contribution < 1.29 is 21.6 Å². The second-order valence-corrected chi connectivity index (χ2v) is 8.81. The van der Waals surface area contributed by atoms with Gasteiger partial charge in [0, 0.05) is 4.47 Å². The molecule has 0 fully saturated rings. The largest absolute Gasteiger partial charge is 0.416 e. The Morgan fingerprint density at radius 1 is 1.18 bits per heavy atom. The molecular formula is C11H5BrCl2F3NO2S2. The smallest absolute Gasteiger partial charge is 0.277 e. The lowest BCUT2D eigenvalue weighted by Crippen LogP contribution is -2.12. The van der Waals surface area contributed by atoms with Gasteiger partial charge in [0.2, 0.25) is 0 Å². The fourth-order valence-electron chi connectivity index (χ4n) is 1.43. The molecule has 0 spiro atoms. The molecule has 0 unspecified atom stereocenters. The summed E-state index contributed by atoms with van der Waals surface area (Å²) in [5, 5.41) is -0.361. The lowest BCUT2D eigenvalue weighted by molar-refractivity contribution is -0.137. The zero-order chi connectivity index (χ0) is 16.7. The maximum atomic E-state index is 12.5. The van der Waals surface area contributed by atoms with Crippen LogP contribution in [0.2, 0.25) is 9.36 Å². The number of thiophene rings is 1. The molecule has 0 saturated heterocycles. The summed E-state index contributed by atoms with van der Waals surface area (Å²) >= 11 is 15.3. The van der Waals surface area contributed by atoms with Crippen LogP contribution in [-0.4, -0.2) is 8.42 Å². The lowest BCUT2D eigenvalue weighted by atomic mass is 10.2. The second-order valence-electron chi connectivity index (χ2n) is 3.98. The van der Waals surface area contributed by atoms with Crippen LogP contribution < -0.4 is 4.72 Å². The molecule has 0 radical (unpaired) electrons. The predicted molar refractivity (Wildman–Crippen MR) is 84.3 cm³/mol. The Morgan fingerprint density at radius 3 is 2.27 bits per heavy atom. The molecular weight excluding hydrogens is 450 g/mol. The van der Waals surface area contributed by atoms with Gasteiger partial charge < -0.3 is 0 Å². The molecule has 1 N–H and O–H groups in total. The molecule has 0 bridgehead atoms. The van der Waals surface area contributed by atoms with Gasteiger partial charge in [0.25, 0.3) is 10.0 Å². The molecule has 2 aromatic rings. The predicted octanol–water partition coefficient (Wildman–Crippen LogP) is 5.64. The first-order valence-corrected chi connectivity index (χ1v) is 9.20. The van der Waals surface area contributed by atoms with Crippen LogP contribution in [0.15, 0.2) is 32.9 Å². The van der Waals surface area contributed by atoms with Gasteiger partial charge in [-0.25, -0.2) is 8.42 Å². The van der Waals surface area contributed by atoms with Crippen molar-refractivity contribution in [3.63, 3.8) is 0 Å². The monoisotopic (exact) mass is 453 g/mol. The third-order valence-corrected chi connectivity index (χ3v) is 7.05. The quantitative estimate of drug-likeness (QED) is 0.652. The number of anilines is 1. The summed E-state index contributed by atoms with van der Waals surface area (Å²) in [5.74, 6) is 0. The van der Waals surface area contributed by atoms with Gasteiger partial charge in [0.15, 0.2) is 0 Å². The van der Waals surface area contributed by atoms with E-state index in [4.69, 9.17) is 23.2 Å². The van der Waals surface area contributed by atoms with E-state index in [1.54, 1.807) is 0 Å². The molecule has 0 aliphatic rings. The standard InChI is InChI=1S/C11H5BrCl2F3NO2S2/c12-6-4-9(21-10(6)14)22(19,20)18-8-2-1-5(3-7(8)13)11(15,16)17/h1-4,18H. The molecule has 1 aromatic heterocycles. The summed E-state index contributed by atoms with van der Waals surface area (Å²) in [5.41, 5.74) is -1.13. The van der Waals surface area contributed by atoms with Crippen LogP contribution in [0.4, 0.5) is 18.9 Å². The van der Waals surface area contributed by atoms with E-state index in [1.807, 2.05) is 0 Å². The SMILES string of the molecule is O=S(=O)(Nc1ccc(C(F)(F)F)cc1Cl)c1cc(Br)c(Cl)s1. The van der Waals surface area contributed by atoms with E-state index in [9.17, 15) is 21.6 Å². The van der Waals surface area contributed by atoms with Gasteiger partial charge >= 0.3 is 6.18 Å². The van der Waals surface area contributed by atoms with Gasteiger partial charge in [-0.1, -0.05) is 23.2 Å². The van der Waals surface area contributed by atoms with E-state index in [0.717, 1.165) is 23.5 Å². The topological polar surface area (TPSA) is 46.2 Å². The van der Waals surface area contributed by atoms with Crippen LogP contribution >= 0.6 is 50.5 Å². The molecule has 120 valence electrons. The van der Waals surface area contributed by atoms with Crippen molar-refractivity contribution in [2.75, 3.05) is 4.72 Å². The van der Waals surface area contributed by atoms with E-state index in [0.29, 0.717) is 10.5 Å². The van der Waals surface area contributed by atoms with Crippen molar-refractivity contribution in [2.24, 2.45) is 0 Å². The first kappa shape index (κ1) is 17.9. The average molecular weight is 455 g/mol. The van der Waals surface area contributed by atoms with Crippen molar-refractivity contribution >= 4 is 66.2 Å². The van der Waals surface area contributed by atoms with E-state index in [2.05, 4.69) is 20.7 Å². The Labute approximate surface area is 146 Å². The van der Waals surface area contributed by atoms with Crippen molar-refractivity contribution in [2.45, 2.75) is 10.4 Å². The molecule has 1 heterocycles. The highest BCUT2D eigenvalue weighted by Gasteiger charge is 2.31. The first-order chi connectivity index (χ1) is 10.0. The summed E-state index contributed by atoms with van der Waals surface area (Å²) in [4.78, 5) is 0. The van der Waals surface area contributed by atoms with Gasteiger partial charge in [-0.05, 0) is 40.2 Å². The number of rotatable bonds is 3. The molecule has 1 aromatic carbocycles. The van der Waals surface area contributed by atoms with Crippen LogP contribution in [0, 0.1) is 0 Å². The number of halogens is 6. The Morgan fingerprint density at radius 2 is 1.82 bits per heavy atom. The van der Waals surface area contributed by atoms with Gasteiger partial charge in [-0.2, -0.15) is 13.2 Å². The van der Waals surface area contributed by atoms with Crippen LogP contribution in [0.1, 0.15) is 5.56 Å². The van der Waals surface area contributed by atoms with E-state index in [1.165, 1.54) is 6.07 Å². The van der Waals surface area contributed by atoms with Gasteiger partial charge in [-0.15, -0.1) is 11.3 Å². The van der Waals surface area contributed by atoms with Crippen LogP contribution in [-0.2, 0) is 16.2 Å². The maximum absolute atomic E-state index is 12.5. The minimum Gasteiger partial charge on any atom is -0.277 e. The first-order valence-electron chi connectivity index (χ1n) is 5.35. The molecule has 0 aliphatic heterocycles. The fourth-order valence-corrected chi connectivity index (χ4v) is 5.09. The lowest BCUT2D eigenvalue weighted by Gasteiger charge is -2.11. The van der Waals surface area contributed by atoms with E-state index < -0.39 is 21.8 Å². The normalized spacial score (nSPS) is 12.5. The molecule has 0 aliphatic carbocycles. The van der Waals surface area contributed by atoms with Crippen molar-refractivity contribution in [1.82, 2.24) is 0 Å². The minimum absolute atomic E-state index is 0.0969. The molecule has 0 amide bonds. The average Bonchev–Trinajstić information content (AvgIpc) is 2.71. The maximum Gasteiger partial charge on any atom is 0.416 e. The van der Waals surface area contributed by atoms with Gasteiger partial charge in [0.05, 0.1) is 16.3 Å². The Balaban J connectivity index is 2.34. The molecule has 0 saturated carbocycles. The van der Waals surface area contributed by atoms with Crippen LogP contribution in [0.5, 0.6) is 0 Å². The third-order valence-electron chi connectivity index (χ3n) is 2.43. The number of hydrogen-bond acceptors (Lipinski definition) is 3. The number of sulfonamides is 1. The van der Waals surface area contributed by atoms with Crippen molar-refractivity contribution in [3.8, 4) is 0 Å². The molecule has 11 heteroatoms. The Kier molecular flexibility index (Phi) is 5.03. The molecule has 3 nitrogen and oxygen atoms in total. The zero-order valence-corrected chi connectivity index (χ0v) is 14.9. The van der Waals surface area contributed by atoms with Crippen LogP contribution in [0.3, 0.4) is 0 Å². The highest BCUT2D eigenvalue weighted by atomic mass is 79.9. The van der Waals surface area contributed by atoms with E-state index >= 15 is 0 Å². The number of nitrogens with one attached hydrogen (secondary N) is 1. The molecule has 22 heavy (non-hydrogen) atoms. The second kappa shape index (κ2) is 6.20. The summed E-state index contributed by atoms with van der Waals surface area (Å²) in [6.45, 7) is 0. The van der Waals surface area contributed by atoms with Gasteiger partial charge in [-0.3, -0.25) is 4.72 Å². The fraction of sp³-hybridized carbons (Fsp3) is 0.0909.